The molecule has 5 nitrogen and oxygen atoms in total. The van der Waals surface area contributed by atoms with Gasteiger partial charge in [-0.3, -0.25) is 0 Å². The number of ether oxygens (including phenoxy) is 3. The topological polar surface area (TPSA) is 65.0 Å². The molecule has 0 spiro atoms. The molecule has 1 rings (SSSR count). The van der Waals surface area contributed by atoms with E-state index in [-0.39, 0.29) is 12.2 Å². The van der Waals surface area contributed by atoms with Gasteiger partial charge in [0.2, 0.25) is 0 Å². The molecule has 1 aromatic carbocycles. The van der Waals surface area contributed by atoms with Crippen LogP contribution in [0, 0.1) is 5.82 Å². The Bertz CT molecular complexity index is 408. The Morgan fingerprint density at radius 3 is 2.53 bits per heavy atom. The van der Waals surface area contributed by atoms with Gasteiger partial charge in [0.15, 0.2) is 0 Å². The summed E-state index contributed by atoms with van der Waals surface area (Å²) in [5, 5.41) is 8.69. The molecular formula is C13H17FO5. The zero-order chi connectivity index (χ0) is 14.1. The van der Waals surface area contributed by atoms with Crippen molar-refractivity contribution >= 4 is 5.97 Å². The van der Waals surface area contributed by atoms with Crippen LogP contribution in [0.5, 0.6) is 0 Å². The number of rotatable bonds is 9. The molecule has 0 saturated carbocycles. The molecule has 19 heavy (non-hydrogen) atoms. The van der Waals surface area contributed by atoms with E-state index in [4.69, 9.17) is 19.3 Å². The minimum absolute atomic E-state index is 0.0795. The van der Waals surface area contributed by atoms with E-state index in [2.05, 4.69) is 0 Å². The average Bonchev–Trinajstić information content (AvgIpc) is 2.39. The summed E-state index contributed by atoms with van der Waals surface area (Å²) in [5.41, 5.74) is 0.242. The first-order valence-electron chi connectivity index (χ1n) is 5.81. The number of halogens is 1. The maximum absolute atomic E-state index is 13.5. The molecule has 0 aliphatic rings. The quantitative estimate of drug-likeness (QED) is 0.693. The smallest absolute Gasteiger partial charge is 0.335 e. The summed E-state index contributed by atoms with van der Waals surface area (Å²) in [6, 6.07) is 3.74. The van der Waals surface area contributed by atoms with Gasteiger partial charge >= 0.3 is 5.97 Å². The lowest BCUT2D eigenvalue weighted by atomic mass is 10.1. The fourth-order valence-electron chi connectivity index (χ4n) is 1.34. The van der Waals surface area contributed by atoms with Crippen LogP contribution in [0.1, 0.15) is 15.9 Å². The molecule has 106 valence electrons. The summed E-state index contributed by atoms with van der Waals surface area (Å²) in [5.74, 6) is -1.74. The van der Waals surface area contributed by atoms with Crippen LogP contribution in [0.2, 0.25) is 0 Å². The predicted octanol–water partition coefficient (Wildman–Crippen LogP) is 1.70. The highest BCUT2D eigenvalue weighted by Gasteiger charge is 2.08. The zero-order valence-corrected chi connectivity index (χ0v) is 10.7. The van der Waals surface area contributed by atoms with Crippen LogP contribution in [0.25, 0.3) is 0 Å². The predicted molar refractivity (Wildman–Crippen MR) is 65.7 cm³/mol. The van der Waals surface area contributed by atoms with Crippen LogP contribution < -0.4 is 0 Å². The van der Waals surface area contributed by atoms with Gasteiger partial charge < -0.3 is 19.3 Å². The molecule has 0 radical (unpaired) electrons. The van der Waals surface area contributed by atoms with Crippen LogP contribution in [0.15, 0.2) is 18.2 Å². The van der Waals surface area contributed by atoms with E-state index < -0.39 is 11.8 Å². The number of benzene rings is 1. The number of carboxylic acids is 1. The van der Waals surface area contributed by atoms with Gasteiger partial charge in [-0.25, -0.2) is 9.18 Å². The number of carbonyl (C=O) groups is 1. The fraction of sp³-hybridized carbons (Fsp3) is 0.462. The Kier molecular flexibility index (Phi) is 7.02. The lowest BCUT2D eigenvalue weighted by molar-refractivity contribution is 0.0194. The molecule has 0 saturated heterocycles. The molecule has 0 bridgehead atoms. The van der Waals surface area contributed by atoms with Crippen LogP contribution in [0.3, 0.4) is 0 Å². The normalized spacial score (nSPS) is 10.6. The first-order chi connectivity index (χ1) is 9.15. The van der Waals surface area contributed by atoms with E-state index in [0.29, 0.717) is 32.0 Å². The number of hydrogen-bond donors (Lipinski definition) is 1. The second kappa shape index (κ2) is 8.58. The van der Waals surface area contributed by atoms with E-state index in [1.165, 1.54) is 12.1 Å². The van der Waals surface area contributed by atoms with Crippen molar-refractivity contribution in [3.63, 3.8) is 0 Å². The Morgan fingerprint density at radius 1 is 1.21 bits per heavy atom. The molecule has 0 fully saturated rings. The number of aromatic carboxylic acids is 1. The summed E-state index contributed by atoms with van der Waals surface area (Å²) >= 11 is 0. The van der Waals surface area contributed by atoms with Gasteiger partial charge in [-0.1, -0.05) is 6.07 Å². The standard InChI is InChI=1S/C13H17FO5/c1-17-4-5-18-6-7-19-9-11-3-2-10(13(15)16)8-12(11)14/h2-3,8H,4-7,9H2,1H3,(H,15,16). The Labute approximate surface area is 110 Å². The van der Waals surface area contributed by atoms with Crippen molar-refractivity contribution in [3.8, 4) is 0 Å². The molecule has 6 heteroatoms. The van der Waals surface area contributed by atoms with Gasteiger partial charge in [-0.05, 0) is 12.1 Å². The Morgan fingerprint density at radius 2 is 1.89 bits per heavy atom. The van der Waals surface area contributed by atoms with Gasteiger partial charge in [0.25, 0.3) is 0 Å². The third kappa shape index (κ3) is 5.78. The van der Waals surface area contributed by atoms with Gasteiger partial charge in [-0.2, -0.15) is 0 Å². The molecule has 0 amide bonds. The van der Waals surface area contributed by atoms with E-state index in [1.807, 2.05) is 0 Å². The molecular weight excluding hydrogens is 255 g/mol. The third-order valence-corrected chi connectivity index (χ3v) is 2.36. The summed E-state index contributed by atoms with van der Waals surface area (Å²) in [6.07, 6.45) is 0. The van der Waals surface area contributed by atoms with Crippen molar-refractivity contribution in [1.29, 1.82) is 0 Å². The van der Waals surface area contributed by atoms with Crippen LogP contribution in [-0.2, 0) is 20.8 Å². The summed E-state index contributed by atoms with van der Waals surface area (Å²) < 4.78 is 28.7. The van der Waals surface area contributed by atoms with E-state index in [0.717, 1.165) is 6.07 Å². The lowest BCUT2D eigenvalue weighted by Crippen LogP contribution is -2.09. The van der Waals surface area contributed by atoms with Gasteiger partial charge in [0, 0.05) is 12.7 Å². The molecule has 0 aromatic heterocycles. The minimum atomic E-state index is -1.15. The Balaban J connectivity index is 2.28. The molecule has 1 N–H and O–H groups in total. The van der Waals surface area contributed by atoms with E-state index >= 15 is 0 Å². The molecule has 0 atom stereocenters. The number of hydrogen-bond acceptors (Lipinski definition) is 4. The molecule has 0 unspecified atom stereocenters. The van der Waals surface area contributed by atoms with Gasteiger partial charge in [0.05, 0.1) is 38.6 Å². The molecule has 0 aliphatic carbocycles. The molecule has 0 heterocycles. The van der Waals surface area contributed by atoms with Crippen molar-refractivity contribution in [2.45, 2.75) is 6.61 Å². The van der Waals surface area contributed by atoms with Gasteiger partial charge in [0.1, 0.15) is 5.82 Å². The summed E-state index contributed by atoms with van der Waals surface area (Å²) in [6.45, 7) is 1.83. The Hall–Kier alpha value is -1.50. The van der Waals surface area contributed by atoms with Crippen molar-refractivity contribution < 1.29 is 28.5 Å². The third-order valence-electron chi connectivity index (χ3n) is 2.36. The first-order valence-corrected chi connectivity index (χ1v) is 5.81. The largest absolute Gasteiger partial charge is 0.478 e. The minimum Gasteiger partial charge on any atom is -0.478 e. The van der Waals surface area contributed by atoms with E-state index in [9.17, 15) is 9.18 Å². The van der Waals surface area contributed by atoms with Crippen molar-refractivity contribution in [3.05, 3.63) is 35.1 Å². The number of carboxylic acid groups (broad SMARTS) is 1. The van der Waals surface area contributed by atoms with Crippen LogP contribution in [0.4, 0.5) is 4.39 Å². The average molecular weight is 272 g/mol. The molecule has 1 aromatic rings. The fourth-order valence-corrected chi connectivity index (χ4v) is 1.34. The van der Waals surface area contributed by atoms with Crippen molar-refractivity contribution in [2.75, 3.05) is 33.5 Å². The molecule has 0 aliphatic heterocycles. The SMILES string of the molecule is COCCOCCOCc1ccc(C(=O)O)cc1F. The van der Waals surface area contributed by atoms with Crippen molar-refractivity contribution in [2.24, 2.45) is 0 Å². The monoisotopic (exact) mass is 272 g/mol. The number of methoxy groups -OCH3 is 1. The van der Waals surface area contributed by atoms with Crippen molar-refractivity contribution in [1.82, 2.24) is 0 Å². The highest BCUT2D eigenvalue weighted by Crippen LogP contribution is 2.11. The summed E-state index contributed by atoms with van der Waals surface area (Å²) in [7, 11) is 1.59. The first kappa shape index (κ1) is 15.6. The highest BCUT2D eigenvalue weighted by atomic mass is 19.1. The summed E-state index contributed by atoms with van der Waals surface area (Å²) in [4.78, 5) is 10.6. The maximum Gasteiger partial charge on any atom is 0.335 e. The second-order valence-corrected chi connectivity index (χ2v) is 3.77. The maximum atomic E-state index is 13.5. The lowest BCUT2D eigenvalue weighted by Gasteiger charge is -2.07. The van der Waals surface area contributed by atoms with E-state index in [1.54, 1.807) is 7.11 Å². The van der Waals surface area contributed by atoms with Crippen LogP contribution in [-0.4, -0.2) is 44.6 Å². The van der Waals surface area contributed by atoms with Gasteiger partial charge in [-0.15, -0.1) is 0 Å². The highest BCUT2D eigenvalue weighted by molar-refractivity contribution is 5.87. The second-order valence-electron chi connectivity index (χ2n) is 3.77. The van der Waals surface area contributed by atoms with Crippen LogP contribution >= 0.6 is 0 Å². The zero-order valence-electron chi connectivity index (χ0n) is 10.7.